The zero-order valence-electron chi connectivity index (χ0n) is 11.8. The molecule has 2 atom stereocenters. The van der Waals surface area contributed by atoms with Crippen molar-refractivity contribution in [1.82, 2.24) is 4.90 Å². The van der Waals surface area contributed by atoms with Crippen molar-refractivity contribution in [2.45, 2.75) is 44.2 Å². The number of rotatable bonds is 2. The summed E-state index contributed by atoms with van der Waals surface area (Å²) in [6.45, 7) is 2.44. The number of nitrogens with two attached hydrogens (primary N) is 1. The van der Waals surface area contributed by atoms with E-state index in [4.69, 9.17) is 5.73 Å². The van der Waals surface area contributed by atoms with Crippen LogP contribution in [0.2, 0.25) is 0 Å². The number of fused-ring (bicyclic) bond motifs is 1. The summed E-state index contributed by atoms with van der Waals surface area (Å²) in [4.78, 5) is 2.30. The van der Waals surface area contributed by atoms with E-state index in [9.17, 15) is 9.50 Å². The lowest BCUT2D eigenvalue weighted by atomic mass is 9.71. The number of aliphatic hydroxyl groups is 1. The number of likely N-dealkylation sites (tertiary alicyclic amines) is 1. The number of halogens is 1. The van der Waals surface area contributed by atoms with Gasteiger partial charge in [0.15, 0.2) is 0 Å². The van der Waals surface area contributed by atoms with Gasteiger partial charge in [-0.2, -0.15) is 0 Å². The molecule has 2 fully saturated rings. The van der Waals surface area contributed by atoms with Gasteiger partial charge in [-0.15, -0.1) is 0 Å². The maximum atomic E-state index is 13.3. The van der Waals surface area contributed by atoms with E-state index in [-0.39, 0.29) is 5.82 Å². The van der Waals surface area contributed by atoms with E-state index < -0.39 is 5.60 Å². The second-order valence-electron chi connectivity index (χ2n) is 6.37. The van der Waals surface area contributed by atoms with E-state index in [0.717, 1.165) is 44.3 Å². The summed E-state index contributed by atoms with van der Waals surface area (Å²) in [6.07, 6.45) is 5.22. The van der Waals surface area contributed by atoms with Gasteiger partial charge in [0.2, 0.25) is 0 Å². The summed E-state index contributed by atoms with van der Waals surface area (Å²) in [6, 6.07) is 4.55. The molecule has 1 aliphatic carbocycles. The highest BCUT2D eigenvalue weighted by molar-refractivity contribution is 5.46. The van der Waals surface area contributed by atoms with Crippen LogP contribution in [0.15, 0.2) is 18.2 Å². The molecule has 3 rings (SSSR count). The fraction of sp³-hybridized carbons (Fsp3) is 0.625. The van der Waals surface area contributed by atoms with Crippen LogP contribution in [0.1, 0.15) is 37.7 Å². The van der Waals surface area contributed by atoms with Crippen molar-refractivity contribution in [1.29, 1.82) is 0 Å². The van der Waals surface area contributed by atoms with Gasteiger partial charge in [-0.25, -0.2) is 4.39 Å². The molecule has 2 aliphatic rings. The lowest BCUT2D eigenvalue weighted by Crippen LogP contribution is -2.52. The van der Waals surface area contributed by atoms with Crippen molar-refractivity contribution < 1.29 is 9.50 Å². The normalized spacial score (nSPS) is 31.0. The SMILES string of the molecule is Nc1ccc(F)cc1CN1CCC2(O)CCCCC2C1. The molecule has 1 heterocycles. The molecule has 110 valence electrons. The van der Waals surface area contributed by atoms with E-state index in [1.807, 2.05) is 0 Å². The van der Waals surface area contributed by atoms with Gasteiger partial charge in [0.05, 0.1) is 5.60 Å². The molecule has 0 spiro atoms. The molecular formula is C16H23FN2O. The molecule has 3 N–H and O–H groups in total. The molecule has 0 bridgehead atoms. The summed E-state index contributed by atoms with van der Waals surface area (Å²) in [5, 5.41) is 10.7. The Labute approximate surface area is 119 Å². The van der Waals surface area contributed by atoms with Crippen LogP contribution in [0.5, 0.6) is 0 Å². The van der Waals surface area contributed by atoms with Gasteiger partial charge < -0.3 is 10.8 Å². The molecule has 1 aromatic carbocycles. The summed E-state index contributed by atoms with van der Waals surface area (Å²) < 4.78 is 13.3. The Morgan fingerprint density at radius 3 is 3.05 bits per heavy atom. The minimum Gasteiger partial charge on any atom is -0.398 e. The predicted molar refractivity (Wildman–Crippen MR) is 77.6 cm³/mol. The number of anilines is 1. The van der Waals surface area contributed by atoms with Gasteiger partial charge in [-0.1, -0.05) is 12.8 Å². The quantitative estimate of drug-likeness (QED) is 0.817. The van der Waals surface area contributed by atoms with Gasteiger partial charge in [-0.3, -0.25) is 4.90 Å². The lowest BCUT2D eigenvalue weighted by molar-refractivity contribution is -0.0967. The maximum absolute atomic E-state index is 13.3. The molecule has 1 saturated carbocycles. The van der Waals surface area contributed by atoms with E-state index >= 15 is 0 Å². The number of nitrogen functional groups attached to an aromatic ring is 1. The Morgan fingerprint density at radius 2 is 2.20 bits per heavy atom. The van der Waals surface area contributed by atoms with Crippen LogP contribution in [0.25, 0.3) is 0 Å². The third-order valence-electron chi connectivity index (χ3n) is 5.01. The molecule has 20 heavy (non-hydrogen) atoms. The Balaban J connectivity index is 1.69. The van der Waals surface area contributed by atoms with E-state index in [1.165, 1.54) is 18.6 Å². The van der Waals surface area contributed by atoms with Crippen molar-refractivity contribution in [2.75, 3.05) is 18.8 Å². The topological polar surface area (TPSA) is 49.5 Å². The van der Waals surface area contributed by atoms with Crippen LogP contribution in [-0.2, 0) is 6.54 Å². The van der Waals surface area contributed by atoms with E-state index in [2.05, 4.69) is 4.90 Å². The number of hydrogen-bond acceptors (Lipinski definition) is 3. The van der Waals surface area contributed by atoms with E-state index in [1.54, 1.807) is 6.07 Å². The van der Waals surface area contributed by atoms with Crippen LogP contribution >= 0.6 is 0 Å². The van der Waals surface area contributed by atoms with Crippen molar-refractivity contribution in [3.05, 3.63) is 29.6 Å². The van der Waals surface area contributed by atoms with Crippen molar-refractivity contribution >= 4 is 5.69 Å². The molecule has 0 aromatic heterocycles. The van der Waals surface area contributed by atoms with Crippen LogP contribution in [0.3, 0.4) is 0 Å². The molecule has 1 saturated heterocycles. The number of nitrogens with zero attached hydrogens (tertiary/aromatic N) is 1. The molecule has 3 nitrogen and oxygen atoms in total. The Bertz CT molecular complexity index is 493. The zero-order chi connectivity index (χ0) is 14.2. The van der Waals surface area contributed by atoms with Crippen molar-refractivity contribution in [2.24, 2.45) is 5.92 Å². The molecule has 1 aromatic rings. The minimum absolute atomic E-state index is 0.236. The molecule has 0 radical (unpaired) electrons. The summed E-state index contributed by atoms with van der Waals surface area (Å²) in [5.41, 5.74) is 6.97. The molecule has 1 aliphatic heterocycles. The van der Waals surface area contributed by atoms with Gasteiger partial charge in [0.1, 0.15) is 5.82 Å². The molecular weight excluding hydrogens is 255 g/mol. The molecule has 4 heteroatoms. The minimum atomic E-state index is -0.456. The largest absolute Gasteiger partial charge is 0.398 e. The highest BCUT2D eigenvalue weighted by Gasteiger charge is 2.42. The second-order valence-corrected chi connectivity index (χ2v) is 6.37. The predicted octanol–water partition coefficient (Wildman–Crippen LogP) is 2.53. The highest BCUT2D eigenvalue weighted by atomic mass is 19.1. The van der Waals surface area contributed by atoms with Crippen molar-refractivity contribution in [3.8, 4) is 0 Å². The average molecular weight is 278 g/mol. The Kier molecular flexibility index (Phi) is 3.69. The maximum Gasteiger partial charge on any atom is 0.123 e. The zero-order valence-corrected chi connectivity index (χ0v) is 11.8. The number of piperidine rings is 1. The van der Waals surface area contributed by atoms with E-state index in [0.29, 0.717) is 18.2 Å². The van der Waals surface area contributed by atoms with Crippen LogP contribution < -0.4 is 5.73 Å². The summed E-state index contributed by atoms with van der Waals surface area (Å²) >= 11 is 0. The third kappa shape index (κ3) is 2.67. The fourth-order valence-corrected chi connectivity index (χ4v) is 3.74. The van der Waals surface area contributed by atoms with Crippen LogP contribution in [-0.4, -0.2) is 28.7 Å². The van der Waals surface area contributed by atoms with Gasteiger partial charge in [-0.05, 0) is 43.0 Å². The first-order valence-electron chi connectivity index (χ1n) is 7.55. The van der Waals surface area contributed by atoms with Crippen molar-refractivity contribution in [3.63, 3.8) is 0 Å². The first-order chi connectivity index (χ1) is 9.57. The Hall–Kier alpha value is -1.13. The first-order valence-corrected chi connectivity index (χ1v) is 7.55. The number of hydrogen-bond donors (Lipinski definition) is 2. The average Bonchev–Trinajstić information content (AvgIpc) is 2.43. The monoisotopic (exact) mass is 278 g/mol. The second kappa shape index (κ2) is 5.34. The summed E-state index contributed by atoms with van der Waals surface area (Å²) in [5.74, 6) is 0.125. The smallest absolute Gasteiger partial charge is 0.123 e. The standard InChI is InChI=1S/C16H23FN2O/c17-14-4-5-15(18)12(9-14)10-19-8-7-16(20)6-2-1-3-13(16)11-19/h4-5,9,13,20H,1-3,6-8,10-11,18H2. The summed E-state index contributed by atoms with van der Waals surface area (Å²) in [7, 11) is 0. The lowest BCUT2D eigenvalue weighted by Gasteiger charge is -2.47. The molecule has 0 amide bonds. The van der Waals surface area contributed by atoms with Gasteiger partial charge >= 0.3 is 0 Å². The third-order valence-corrected chi connectivity index (χ3v) is 5.01. The number of benzene rings is 1. The Morgan fingerprint density at radius 1 is 1.35 bits per heavy atom. The highest BCUT2D eigenvalue weighted by Crippen LogP contribution is 2.40. The first kappa shape index (κ1) is 13.8. The molecule has 2 unspecified atom stereocenters. The van der Waals surface area contributed by atoms with Crippen LogP contribution in [0, 0.1) is 11.7 Å². The fourth-order valence-electron chi connectivity index (χ4n) is 3.74. The van der Waals surface area contributed by atoms with Gasteiger partial charge in [0.25, 0.3) is 0 Å². The van der Waals surface area contributed by atoms with Gasteiger partial charge in [0, 0.05) is 31.2 Å². The van der Waals surface area contributed by atoms with Crippen LogP contribution in [0.4, 0.5) is 10.1 Å².